The molecule has 1 aromatic heterocycles. The fourth-order valence-corrected chi connectivity index (χ4v) is 2.37. The van der Waals surface area contributed by atoms with Crippen LogP contribution < -0.4 is 5.32 Å². The van der Waals surface area contributed by atoms with Crippen LogP contribution in [0.5, 0.6) is 0 Å². The van der Waals surface area contributed by atoms with Crippen LogP contribution in [0.1, 0.15) is 23.7 Å². The molecule has 1 heterocycles. The van der Waals surface area contributed by atoms with Gasteiger partial charge in [0.05, 0.1) is 5.56 Å². The Kier molecular flexibility index (Phi) is 6.35. The van der Waals surface area contributed by atoms with Gasteiger partial charge in [-0.2, -0.15) is 0 Å². The first-order valence-corrected chi connectivity index (χ1v) is 8.35. The zero-order valence-electron chi connectivity index (χ0n) is 12.3. The van der Waals surface area contributed by atoms with Crippen molar-refractivity contribution in [3.63, 3.8) is 0 Å². The summed E-state index contributed by atoms with van der Waals surface area (Å²) < 4.78 is 6.31. The van der Waals surface area contributed by atoms with E-state index in [1.165, 1.54) is 12.3 Å². The number of ether oxygens (including phenoxy) is 1. The summed E-state index contributed by atoms with van der Waals surface area (Å²) in [6, 6.07) is 10.4. The Morgan fingerprint density at radius 3 is 2.61 bits per heavy atom. The Hall–Kier alpha value is -1.67. The van der Waals surface area contributed by atoms with Crippen LogP contribution in [0.3, 0.4) is 0 Å². The van der Waals surface area contributed by atoms with Gasteiger partial charge >= 0.3 is 5.97 Å². The number of nitrogens with zero attached hydrogens (tertiary/aromatic N) is 1. The molecule has 1 amide bonds. The van der Waals surface area contributed by atoms with Gasteiger partial charge in [-0.15, -0.1) is 0 Å². The smallest absolute Gasteiger partial charge is 0.342 e. The molecule has 1 unspecified atom stereocenters. The fourth-order valence-electron chi connectivity index (χ4n) is 1.81. The van der Waals surface area contributed by atoms with Gasteiger partial charge in [-0.3, -0.25) is 4.79 Å². The molecule has 0 fully saturated rings. The van der Waals surface area contributed by atoms with E-state index in [1.807, 2.05) is 12.1 Å². The highest BCUT2D eigenvalue weighted by molar-refractivity contribution is 14.1. The minimum Gasteiger partial charge on any atom is -0.449 e. The third-order valence-corrected chi connectivity index (χ3v) is 4.02. The van der Waals surface area contributed by atoms with Crippen LogP contribution in [-0.2, 0) is 9.53 Å². The van der Waals surface area contributed by atoms with E-state index in [0.29, 0.717) is 12.1 Å². The van der Waals surface area contributed by atoms with Crippen molar-refractivity contribution in [1.29, 1.82) is 0 Å². The summed E-state index contributed by atoms with van der Waals surface area (Å²) in [5, 5.41) is 2.77. The molecule has 5 nitrogen and oxygen atoms in total. The summed E-state index contributed by atoms with van der Waals surface area (Å²) in [5.41, 5.74) is 0.777. The maximum atomic E-state index is 12.2. The van der Waals surface area contributed by atoms with Gasteiger partial charge in [-0.25, -0.2) is 9.78 Å². The highest BCUT2D eigenvalue weighted by Gasteiger charge is 2.23. The summed E-state index contributed by atoms with van der Waals surface area (Å²) in [4.78, 5) is 28.2. The van der Waals surface area contributed by atoms with Crippen molar-refractivity contribution in [3.05, 3.63) is 56.9 Å². The lowest BCUT2D eigenvalue weighted by atomic mass is 10.2. The first-order valence-electron chi connectivity index (χ1n) is 6.89. The van der Waals surface area contributed by atoms with Crippen LogP contribution in [0.15, 0.2) is 42.6 Å². The van der Waals surface area contributed by atoms with Crippen LogP contribution in [0.4, 0.5) is 5.69 Å². The van der Waals surface area contributed by atoms with Crippen LogP contribution in [0.25, 0.3) is 0 Å². The molecule has 120 valence electrons. The lowest BCUT2D eigenvalue weighted by Crippen LogP contribution is -2.32. The van der Waals surface area contributed by atoms with Crippen molar-refractivity contribution in [1.82, 2.24) is 4.98 Å². The van der Waals surface area contributed by atoms with Crippen LogP contribution in [0, 0.1) is 3.57 Å². The number of rotatable bonds is 5. The third-order valence-electron chi connectivity index (χ3n) is 3.00. The van der Waals surface area contributed by atoms with E-state index in [4.69, 9.17) is 16.3 Å². The van der Waals surface area contributed by atoms with Crippen molar-refractivity contribution in [2.75, 3.05) is 5.32 Å². The molecular weight excluding hydrogens is 431 g/mol. The molecule has 2 rings (SSSR count). The Balaban J connectivity index is 2.04. The van der Waals surface area contributed by atoms with Crippen molar-refractivity contribution in [2.24, 2.45) is 0 Å². The molecule has 2 aromatic rings. The van der Waals surface area contributed by atoms with Gasteiger partial charge < -0.3 is 10.1 Å². The topological polar surface area (TPSA) is 68.3 Å². The molecule has 1 atom stereocenters. The first kappa shape index (κ1) is 17.7. The molecule has 23 heavy (non-hydrogen) atoms. The summed E-state index contributed by atoms with van der Waals surface area (Å²) in [7, 11) is 0. The van der Waals surface area contributed by atoms with Gasteiger partial charge in [0, 0.05) is 15.5 Å². The van der Waals surface area contributed by atoms with Crippen molar-refractivity contribution >= 4 is 51.8 Å². The zero-order valence-corrected chi connectivity index (χ0v) is 15.2. The van der Waals surface area contributed by atoms with Gasteiger partial charge in [0.2, 0.25) is 0 Å². The number of esters is 1. The van der Waals surface area contributed by atoms with Gasteiger partial charge in [-0.1, -0.05) is 18.5 Å². The number of carbonyl (C=O) groups is 2. The van der Waals surface area contributed by atoms with E-state index in [9.17, 15) is 9.59 Å². The molecule has 7 heteroatoms. The molecule has 0 aliphatic heterocycles. The lowest BCUT2D eigenvalue weighted by molar-refractivity contribution is -0.124. The average Bonchev–Trinajstić information content (AvgIpc) is 2.54. The highest BCUT2D eigenvalue weighted by Crippen LogP contribution is 2.16. The van der Waals surface area contributed by atoms with E-state index in [2.05, 4.69) is 32.9 Å². The molecule has 0 radical (unpaired) electrons. The number of carbonyl (C=O) groups excluding carboxylic acids is 2. The quantitative estimate of drug-likeness (QED) is 0.431. The largest absolute Gasteiger partial charge is 0.449 e. The van der Waals surface area contributed by atoms with E-state index >= 15 is 0 Å². The SMILES string of the molecule is CCC(OC(=O)c1cccnc1Cl)C(=O)Nc1ccc(I)cc1. The Bertz CT molecular complexity index is 707. The van der Waals surface area contributed by atoms with Crippen LogP contribution >= 0.6 is 34.2 Å². The normalized spacial score (nSPS) is 11.6. The molecule has 1 aromatic carbocycles. The van der Waals surface area contributed by atoms with Crippen LogP contribution in [0.2, 0.25) is 5.15 Å². The van der Waals surface area contributed by atoms with E-state index in [0.717, 1.165) is 3.57 Å². The second kappa shape index (κ2) is 8.26. The van der Waals surface area contributed by atoms with Gasteiger partial charge in [-0.05, 0) is 65.4 Å². The molecule has 1 N–H and O–H groups in total. The lowest BCUT2D eigenvalue weighted by Gasteiger charge is -2.16. The number of hydrogen-bond acceptors (Lipinski definition) is 4. The number of amides is 1. The highest BCUT2D eigenvalue weighted by atomic mass is 127. The molecular formula is C16H14ClIN2O3. The minimum absolute atomic E-state index is 0.0467. The van der Waals surface area contributed by atoms with Crippen molar-refractivity contribution in [3.8, 4) is 0 Å². The number of benzene rings is 1. The Morgan fingerprint density at radius 2 is 2.00 bits per heavy atom. The predicted octanol–water partition coefficient (Wildman–Crippen LogP) is 3.91. The van der Waals surface area contributed by atoms with Crippen molar-refractivity contribution in [2.45, 2.75) is 19.4 Å². The number of halogens is 2. The molecule has 0 saturated carbocycles. The summed E-state index contributed by atoms with van der Waals surface area (Å²) in [5.74, 6) is -1.06. The fraction of sp³-hybridized carbons (Fsp3) is 0.188. The molecule has 0 spiro atoms. The molecule has 0 aliphatic carbocycles. The number of anilines is 1. The Morgan fingerprint density at radius 1 is 1.30 bits per heavy atom. The standard InChI is InChI=1S/C16H14ClIN2O3/c1-2-13(15(21)20-11-7-5-10(18)6-8-11)23-16(22)12-4-3-9-19-14(12)17/h3-9,13H,2H2,1H3,(H,20,21). The third kappa shape index (κ3) is 4.90. The maximum absolute atomic E-state index is 12.2. The van der Waals surface area contributed by atoms with Gasteiger partial charge in [0.1, 0.15) is 5.15 Å². The number of nitrogens with one attached hydrogen (secondary N) is 1. The van der Waals surface area contributed by atoms with Crippen molar-refractivity contribution < 1.29 is 14.3 Å². The summed E-state index contributed by atoms with van der Waals surface area (Å²) in [6.07, 6.45) is 0.915. The van der Waals surface area contributed by atoms with E-state index in [1.54, 1.807) is 25.1 Å². The van der Waals surface area contributed by atoms with E-state index in [-0.39, 0.29) is 16.6 Å². The minimum atomic E-state index is -0.905. The van der Waals surface area contributed by atoms with Crippen LogP contribution in [-0.4, -0.2) is 23.0 Å². The first-order chi connectivity index (χ1) is 11.0. The second-order valence-corrected chi connectivity index (χ2v) is 6.24. The predicted molar refractivity (Wildman–Crippen MR) is 96.5 cm³/mol. The molecule has 0 bridgehead atoms. The second-order valence-electron chi connectivity index (χ2n) is 4.64. The van der Waals surface area contributed by atoms with Gasteiger partial charge in [0.25, 0.3) is 5.91 Å². The summed E-state index contributed by atoms with van der Waals surface area (Å²) in [6.45, 7) is 1.76. The number of hydrogen-bond donors (Lipinski definition) is 1. The maximum Gasteiger partial charge on any atom is 0.342 e. The molecule has 0 aliphatic rings. The molecule has 0 saturated heterocycles. The average molecular weight is 445 g/mol. The number of aromatic nitrogens is 1. The number of pyridine rings is 1. The van der Waals surface area contributed by atoms with E-state index < -0.39 is 12.1 Å². The summed E-state index contributed by atoms with van der Waals surface area (Å²) >= 11 is 8.03. The Labute approximate surface area is 152 Å². The van der Waals surface area contributed by atoms with Gasteiger partial charge in [0.15, 0.2) is 6.10 Å². The monoisotopic (exact) mass is 444 g/mol. The zero-order chi connectivity index (χ0) is 16.8.